The van der Waals surface area contributed by atoms with E-state index < -0.39 is 6.61 Å². The number of methoxy groups -OCH3 is 1. The molecule has 0 saturated carbocycles. The van der Waals surface area contributed by atoms with Gasteiger partial charge in [0.2, 0.25) is 5.91 Å². The standard InChI is InChI=1S/C21H17F2NO3/c1-26-19-13-14(9-11-18(19)27-21(22)23)10-12-20(25)24-17-8-4-6-15-5-2-3-7-16(15)17/h2-13,21H,1H3,(H,24,25). The molecule has 0 aliphatic heterocycles. The van der Waals surface area contributed by atoms with Gasteiger partial charge in [-0.2, -0.15) is 8.78 Å². The Hall–Kier alpha value is -3.41. The predicted molar refractivity (Wildman–Crippen MR) is 101 cm³/mol. The zero-order valence-electron chi connectivity index (χ0n) is 14.5. The maximum absolute atomic E-state index is 12.4. The number of rotatable bonds is 6. The first-order valence-corrected chi connectivity index (χ1v) is 8.16. The minimum Gasteiger partial charge on any atom is -0.493 e. The van der Waals surface area contributed by atoms with Crippen molar-refractivity contribution in [3.05, 3.63) is 72.3 Å². The van der Waals surface area contributed by atoms with Gasteiger partial charge >= 0.3 is 6.61 Å². The van der Waals surface area contributed by atoms with Gasteiger partial charge in [-0.15, -0.1) is 0 Å². The lowest BCUT2D eigenvalue weighted by Gasteiger charge is -2.10. The number of ether oxygens (including phenoxy) is 2. The van der Waals surface area contributed by atoms with E-state index in [1.54, 1.807) is 12.1 Å². The summed E-state index contributed by atoms with van der Waals surface area (Å²) in [5, 5.41) is 4.81. The molecule has 3 aromatic rings. The van der Waals surface area contributed by atoms with Gasteiger partial charge in [-0.05, 0) is 35.2 Å². The first-order chi connectivity index (χ1) is 13.1. The van der Waals surface area contributed by atoms with Crippen LogP contribution in [0.2, 0.25) is 0 Å². The maximum Gasteiger partial charge on any atom is 0.387 e. The Labute approximate surface area is 155 Å². The SMILES string of the molecule is COc1cc(C=CC(=O)Nc2cccc3ccccc23)ccc1OC(F)F. The van der Waals surface area contributed by atoms with Crippen LogP contribution in [0.3, 0.4) is 0 Å². The summed E-state index contributed by atoms with van der Waals surface area (Å²) in [7, 11) is 1.36. The Kier molecular flexibility index (Phi) is 5.66. The van der Waals surface area contributed by atoms with Crippen LogP contribution in [0.5, 0.6) is 11.5 Å². The Morgan fingerprint density at radius 1 is 1.04 bits per heavy atom. The van der Waals surface area contributed by atoms with Crippen LogP contribution in [-0.2, 0) is 4.79 Å². The van der Waals surface area contributed by atoms with Crippen molar-refractivity contribution < 1.29 is 23.0 Å². The second-order valence-electron chi connectivity index (χ2n) is 5.64. The summed E-state index contributed by atoms with van der Waals surface area (Å²) in [6.07, 6.45) is 2.93. The maximum atomic E-state index is 12.4. The number of carbonyl (C=O) groups excluding carboxylic acids is 1. The highest BCUT2D eigenvalue weighted by Crippen LogP contribution is 2.30. The summed E-state index contributed by atoms with van der Waals surface area (Å²) >= 11 is 0. The zero-order valence-corrected chi connectivity index (χ0v) is 14.5. The van der Waals surface area contributed by atoms with Crippen molar-refractivity contribution in [3.8, 4) is 11.5 Å². The van der Waals surface area contributed by atoms with Crippen LogP contribution in [-0.4, -0.2) is 19.6 Å². The van der Waals surface area contributed by atoms with Crippen LogP contribution in [0, 0.1) is 0 Å². The van der Waals surface area contributed by atoms with Gasteiger partial charge in [0.25, 0.3) is 0 Å². The number of halogens is 2. The molecule has 0 saturated heterocycles. The van der Waals surface area contributed by atoms with E-state index in [4.69, 9.17) is 4.74 Å². The van der Waals surface area contributed by atoms with Crippen LogP contribution in [0.25, 0.3) is 16.8 Å². The number of carbonyl (C=O) groups is 1. The van der Waals surface area contributed by atoms with Crippen molar-refractivity contribution in [1.82, 2.24) is 0 Å². The average Bonchev–Trinajstić information content (AvgIpc) is 2.67. The van der Waals surface area contributed by atoms with Gasteiger partial charge in [0.05, 0.1) is 7.11 Å². The monoisotopic (exact) mass is 369 g/mol. The summed E-state index contributed by atoms with van der Waals surface area (Å²) in [5.74, 6) is -0.213. The fourth-order valence-electron chi connectivity index (χ4n) is 2.66. The van der Waals surface area contributed by atoms with E-state index in [0.29, 0.717) is 11.3 Å². The largest absolute Gasteiger partial charge is 0.493 e. The molecule has 6 heteroatoms. The van der Waals surface area contributed by atoms with Crippen LogP contribution in [0.15, 0.2) is 66.7 Å². The number of anilines is 1. The molecule has 0 atom stereocenters. The summed E-state index contributed by atoms with van der Waals surface area (Å²) in [6.45, 7) is -2.94. The van der Waals surface area contributed by atoms with Gasteiger partial charge in [-0.3, -0.25) is 4.79 Å². The molecule has 0 fully saturated rings. The molecule has 0 heterocycles. The summed E-state index contributed by atoms with van der Waals surface area (Å²) in [5.41, 5.74) is 1.32. The Balaban J connectivity index is 1.74. The number of benzene rings is 3. The molecule has 0 aliphatic rings. The van der Waals surface area contributed by atoms with Crippen molar-refractivity contribution >= 4 is 28.4 Å². The average molecular weight is 369 g/mol. The minimum atomic E-state index is -2.94. The number of nitrogens with one attached hydrogen (secondary N) is 1. The van der Waals surface area contributed by atoms with Crippen molar-refractivity contribution in [3.63, 3.8) is 0 Å². The van der Waals surface area contributed by atoms with Crippen LogP contribution >= 0.6 is 0 Å². The van der Waals surface area contributed by atoms with Gasteiger partial charge in [0.15, 0.2) is 11.5 Å². The molecule has 0 radical (unpaired) electrons. The van der Waals surface area contributed by atoms with Crippen molar-refractivity contribution in [2.24, 2.45) is 0 Å². The summed E-state index contributed by atoms with van der Waals surface area (Å²) in [6, 6.07) is 17.8. The second kappa shape index (κ2) is 8.31. The van der Waals surface area contributed by atoms with E-state index in [1.807, 2.05) is 42.5 Å². The fourth-order valence-corrected chi connectivity index (χ4v) is 2.66. The van der Waals surface area contributed by atoms with Gasteiger partial charge in [-0.1, -0.05) is 42.5 Å². The van der Waals surface area contributed by atoms with E-state index in [-0.39, 0.29) is 17.4 Å². The Morgan fingerprint density at radius 3 is 2.59 bits per heavy atom. The molecule has 138 valence electrons. The highest BCUT2D eigenvalue weighted by molar-refractivity contribution is 6.07. The number of hydrogen-bond acceptors (Lipinski definition) is 3. The van der Waals surface area contributed by atoms with Gasteiger partial charge in [-0.25, -0.2) is 0 Å². The fraction of sp³-hybridized carbons (Fsp3) is 0.0952. The molecule has 0 unspecified atom stereocenters. The molecule has 3 rings (SSSR count). The number of fused-ring (bicyclic) bond motifs is 1. The van der Waals surface area contributed by atoms with Crippen LogP contribution < -0.4 is 14.8 Å². The third-order valence-corrected chi connectivity index (χ3v) is 3.88. The summed E-state index contributed by atoms with van der Waals surface area (Å²) < 4.78 is 34.1. The van der Waals surface area contributed by atoms with Gasteiger partial charge < -0.3 is 14.8 Å². The minimum absolute atomic E-state index is 0.0649. The Morgan fingerprint density at radius 2 is 1.81 bits per heavy atom. The number of alkyl halides is 2. The molecule has 4 nitrogen and oxygen atoms in total. The topological polar surface area (TPSA) is 47.6 Å². The van der Waals surface area contributed by atoms with E-state index in [0.717, 1.165) is 10.8 Å². The van der Waals surface area contributed by atoms with Crippen LogP contribution in [0.1, 0.15) is 5.56 Å². The highest BCUT2D eigenvalue weighted by Gasteiger charge is 2.10. The summed E-state index contributed by atoms with van der Waals surface area (Å²) in [4.78, 5) is 12.2. The third kappa shape index (κ3) is 4.61. The lowest BCUT2D eigenvalue weighted by Crippen LogP contribution is -2.08. The third-order valence-electron chi connectivity index (χ3n) is 3.88. The first-order valence-electron chi connectivity index (χ1n) is 8.16. The highest BCUT2D eigenvalue weighted by atomic mass is 19.3. The quantitative estimate of drug-likeness (QED) is 0.615. The molecule has 27 heavy (non-hydrogen) atoms. The van der Waals surface area contributed by atoms with E-state index >= 15 is 0 Å². The number of hydrogen-bond donors (Lipinski definition) is 1. The lowest BCUT2D eigenvalue weighted by molar-refractivity contribution is -0.111. The Bertz CT molecular complexity index is 981. The van der Waals surface area contributed by atoms with E-state index in [9.17, 15) is 13.6 Å². The number of amides is 1. The van der Waals surface area contributed by atoms with Gasteiger partial charge in [0.1, 0.15) is 0 Å². The molecule has 0 aliphatic carbocycles. The van der Waals surface area contributed by atoms with Crippen molar-refractivity contribution in [2.45, 2.75) is 6.61 Å². The van der Waals surface area contributed by atoms with Gasteiger partial charge in [0, 0.05) is 17.1 Å². The lowest BCUT2D eigenvalue weighted by atomic mass is 10.1. The zero-order chi connectivity index (χ0) is 19.2. The molecule has 1 N–H and O–H groups in total. The molecule has 0 spiro atoms. The molecule has 3 aromatic carbocycles. The molecule has 0 bridgehead atoms. The van der Waals surface area contributed by atoms with Crippen LogP contribution in [0.4, 0.5) is 14.5 Å². The van der Waals surface area contributed by atoms with Crippen molar-refractivity contribution in [1.29, 1.82) is 0 Å². The molecule has 0 aromatic heterocycles. The van der Waals surface area contributed by atoms with E-state index in [1.165, 1.54) is 25.3 Å². The second-order valence-corrected chi connectivity index (χ2v) is 5.64. The van der Waals surface area contributed by atoms with Crippen molar-refractivity contribution in [2.75, 3.05) is 12.4 Å². The predicted octanol–water partition coefficient (Wildman–Crippen LogP) is 5.10. The smallest absolute Gasteiger partial charge is 0.387 e. The molecule has 1 amide bonds. The normalized spacial score (nSPS) is 11.1. The van der Waals surface area contributed by atoms with E-state index in [2.05, 4.69) is 10.1 Å². The molecular weight excluding hydrogens is 352 g/mol. The first kappa shape index (κ1) is 18.4. The molecular formula is C21H17F2NO3.